The van der Waals surface area contributed by atoms with Crippen molar-refractivity contribution in [3.05, 3.63) is 0 Å². The van der Waals surface area contributed by atoms with Gasteiger partial charge < -0.3 is 21.7 Å². The lowest BCUT2D eigenvalue weighted by molar-refractivity contribution is -0.126. The van der Waals surface area contributed by atoms with Crippen LogP contribution in [0, 0.1) is 17.8 Å². The second-order valence-electron chi connectivity index (χ2n) is 9.85. The summed E-state index contributed by atoms with van der Waals surface area (Å²) in [6.07, 6.45) is 17.6. The van der Waals surface area contributed by atoms with E-state index in [1.54, 1.807) is 0 Å². The number of carbonyl (C=O) groups excluding carboxylic acids is 5. The molecule has 9 nitrogen and oxygen atoms in total. The normalized spacial score (nSPS) is 11.0. The molecule has 0 aliphatic rings. The van der Waals surface area contributed by atoms with Crippen molar-refractivity contribution in [2.24, 2.45) is 11.7 Å². The predicted molar refractivity (Wildman–Crippen MR) is 158 cm³/mol. The summed E-state index contributed by atoms with van der Waals surface area (Å²) in [7, 11) is 0. The molecule has 0 radical (unpaired) electrons. The number of nitrogens with one attached hydrogen (secondary N) is 3. The zero-order valence-corrected chi connectivity index (χ0v) is 24.6. The minimum absolute atomic E-state index is 0.0872. The van der Waals surface area contributed by atoms with Crippen molar-refractivity contribution < 1.29 is 24.0 Å². The molecule has 220 valence electrons. The Hall–Kier alpha value is -2.80. The van der Waals surface area contributed by atoms with Crippen LogP contribution in [0.1, 0.15) is 110 Å². The molecule has 0 fully saturated rings. The van der Waals surface area contributed by atoms with Crippen molar-refractivity contribution in [2.75, 3.05) is 19.6 Å². The van der Waals surface area contributed by atoms with E-state index in [1.165, 1.54) is 77.6 Å². The summed E-state index contributed by atoms with van der Waals surface area (Å²) in [6.45, 7) is 3.47. The van der Waals surface area contributed by atoms with Crippen LogP contribution in [0.25, 0.3) is 0 Å². The Bertz CT molecular complexity index is 850. The summed E-state index contributed by atoms with van der Waals surface area (Å²) < 4.78 is 0. The molecule has 0 spiro atoms. The summed E-state index contributed by atoms with van der Waals surface area (Å²) in [6, 6.07) is 0. The van der Waals surface area contributed by atoms with Crippen LogP contribution in [0.4, 0.5) is 0 Å². The third-order valence-corrected chi connectivity index (χ3v) is 6.67. The third-order valence-electron chi connectivity index (χ3n) is 6.24. The van der Waals surface area contributed by atoms with Gasteiger partial charge in [-0.05, 0) is 19.3 Å². The van der Waals surface area contributed by atoms with E-state index in [2.05, 4.69) is 22.9 Å². The van der Waals surface area contributed by atoms with Crippen molar-refractivity contribution in [3.8, 4) is 11.8 Å². The van der Waals surface area contributed by atoms with Gasteiger partial charge in [0.2, 0.25) is 17.6 Å². The first kappa shape index (κ1) is 36.2. The topological polar surface area (TPSA) is 147 Å². The molecule has 0 saturated carbocycles. The van der Waals surface area contributed by atoms with Crippen LogP contribution in [0.15, 0.2) is 0 Å². The summed E-state index contributed by atoms with van der Waals surface area (Å²) in [5.41, 5.74) is 4.82. The standard InChI is InChI=1S/C29H48N4O5S/c1-3-4-5-6-7-8-9-10-11-12-13-14-15-16-19-31-27(37)20-25(23(2)34)29(39)33-22-28(38)32-21-24(35)17-18-26(30)36/h25H,3-16,19-22H2,1-2H3,(H2,30,36)(H,31,37)(H,32,38)(H,33,39). The van der Waals surface area contributed by atoms with Crippen molar-refractivity contribution in [3.63, 3.8) is 0 Å². The number of hydrogen-bond acceptors (Lipinski definition) is 6. The molecular weight excluding hydrogens is 516 g/mol. The van der Waals surface area contributed by atoms with Gasteiger partial charge in [-0.15, -0.1) is 0 Å². The first-order valence-corrected chi connectivity index (χ1v) is 14.7. The van der Waals surface area contributed by atoms with Gasteiger partial charge in [0.1, 0.15) is 5.78 Å². The van der Waals surface area contributed by atoms with Crippen LogP contribution in [0.3, 0.4) is 0 Å². The van der Waals surface area contributed by atoms with Gasteiger partial charge in [0, 0.05) is 18.9 Å². The molecule has 0 rings (SSSR count). The summed E-state index contributed by atoms with van der Waals surface area (Å²) in [5.74, 6) is 0.305. The van der Waals surface area contributed by atoms with E-state index in [4.69, 9.17) is 18.0 Å². The lowest BCUT2D eigenvalue weighted by atomic mass is 10.0. The highest BCUT2D eigenvalue weighted by Crippen LogP contribution is 2.13. The lowest BCUT2D eigenvalue weighted by Gasteiger charge is -2.16. The summed E-state index contributed by atoms with van der Waals surface area (Å²) >= 11 is 5.21. The van der Waals surface area contributed by atoms with Crippen molar-refractivity contribution in [1.29, 1.82) is 0 Å². The number of hydrogen-bond donors (Lipinski definition) is 4. The Balaban J connectivity index is 3.95. The predicted octanol–water partition coefficient (Wildman–Crippen LogP) is 3.27. The van der Waals surface area contributed by atoms with E-state index in [9.17, 15) is 24.0 Å². The number of amides is 3. The average Bonchev–Trinajstić information content (AvgIpc) is 2.89. The number of carbonyl (C=O) groups is 5. The Morgan fingerprint density at radius 1 is 0.692 bits per heavy atom. The van der Waals surface area contributed by atoms with Crippen molar-refractivity contribution in [1.82, 2.24) is 16.0 Å². The van der Waals surface area contributed by atoms with Gasteiger partial charge >= 0.3 is 0 Å². The van der Waals surface area contributed by atoms with E-state index in [0.717, 1.165) is 19.3 Å². The monoisotopic (exact) mass is 564 g/mol. The molecule has 0 aliphatic carbocycles. The van der Waals surface area contributed by atoms with E-state index in [1.807, 2.05) is 11.8 Å². The van der Waals surface area contributed by atoms with Gasteiger partial charge in [0.15, 0.2) is 0 Å². The number of ketones is 2. The molecule has 0 heterocycles. The fraction of sp³-hybridized carbons (Fsp3) is 0.724. The molecule has 1 atom stereocenters. The average molecular weight is 565 g/mol. The maximum atomic E-state index is 12.3. The molecule has 10 heteroatoms. The zero-order valence-electron chi connectivity index (χ0n) is 23.8. The van der Waals surface area contributed by atoms with Crippen LogP contribution < -0.4 is 21.7 Å². The number of primary amides is 1. The molecule has 0 saturated heterocycles. The maximum Gasteiger partial charge on any atom is 0.293 e. The van der Waals surface area contributed by atoms with Crippen LogP contribution in [0.5, 0.6) is 0 Å². The SMILES string of the molecule is CCCCCCCCCCCCCCCCNC(=O)CC(C(C)=O)C(=S)NCC(=O)NCC(=O)C#CC(N)=O. The highest BCUT2D eigenvalue weighted by Gasteiger charge is 2.23. The Morgan fingerprint density at radius 3 is 1.69 bits per heavy atom. The largest absolute Gasteiger partial charge is 0.370 e. The highest BCUT2D eigenvalue weighted by molar-refractivity contribution is 7.80. The number of thiocarbonyl (C=S) groups is 1. The molecule has 0 aromatic heterocycles. The number of nitrogens with two attached hydrogens (primary N) is 1. The highest BCUT2D eigenvalue weighted by atomic mass is 32.1. The molecule has 0 aliphatic heterocycles. The second kappa shape index (κ2) is 24.3. The van der Waals surface area contributed by atoms with Crippen LogP contribution >= 0.6 is 12.2 Å². The van der Waals surface area contributed by atoms with E-state index >= 15 is 0 Å². The molecule has 39 heavy (non-hydrogen) atoms. The van der Waals surface area contributed by atoms with Gasteiger partial charge in [0.05, 0.1) is 24.0 Å². The van der Waals surface area contributed by atoms with E-state index in [-0.39, 0.29) is 29.6 Å². The van der Waals surface area contributed by atoms with Crippen LogP contribution in [-0.2, 0) is 24.0 Å². The number of unbranched alkanes of at least 4 members (excludes halogenated alkanes) is 13. The molecule has 1 unspecified atom stereocenters. The number of Topliss-reactive ketones (excluding diaryl/α,β-unsaturated/α-hetero) is 2. The Morgan fingerprint density at radius 2 is 1.21 bits per heavy atom. The van der Waals surface area contributed by atoms with Crippen LogP contribution in [0.2, 0.25) is 0 Å². The first-order chi connectivity index (χ1) is 18.7. The third kappa shape index (κ3) is 22.9. The molecule has 0 bridgehead atoms. The molecule has 0 aromatic rings. The molecule has 3 amide bonds. The van der Waals surface area contributed by atoms with Crippen molar-refractivity contribution >= 4 is 46.5 Å². The van der Waals surface area contributed by atoms with Gasteiger partial charge in [-0.25, -0.2) is 0 Å². The molecule has 5 N–H and O–H groups in total. The first-order valence-electron chi connectivity index (χ1n) is 14.3. The van der Waals surface area contributed by atoms with Gasteiger partial charge in [-0.2, -0.15) is 0 Å². The van der Waals surface area contributed by atoms with E-state index in [0.29, 0.717) is 6.54 Å². The minimum Gasteiger partial charge on any atom is -0.370 e. The van der Waals surface area contributed by atoms with Gasteiger partial charge in [0.25, 0.3) is 5.91 Å². The van der Waals surface area contributed by atoms with E-state index < -0.39 is 30.1 Å². The fourth-order valence-electron chi connectivity index (χ4n) is 3.93. The molecular formula is C29H48N4O5S. The fourth-order valence-corrected chi connectivity index (χ4v) is 4.25. The lowest BCUT2D eigenvalue weighted by Crippen LogP contribution is -2.42. The Labute approximate surface area is 239 Å². The Kier molecular flexibility index (Phi) is 22.5. The van der Waals surface area contributed by atoms with Gasteiger partial charge in [-0.3, -0.25) is 24.0 Å². The van der Waals surface area contributed by atoms with Crippen LogP contribution in [-0.4, -0.2) is 53.9 Å². The minimum atomic E-state index is -0.944. The quantitative estimate of drug-likeness (QED) is 0.0644. The summed E-state index contributed by atoms with van der Waals surface area (Å²) in [5, 5.41) is 7.82. The smallest absolute Gasteiger partial charge is 0.293 e. The van der Waals surface area contributed by atoms with Crippen molar-refractivity contribution in [2.45, 2.75) is 110 Å². The zero-order chi connectivity index (χ0) is 29.3. The molecule has 0 aromatic carbocycles. The van der Waals surface area contributed by atoms with Gasteiger partial charge in [-0.1, -0.05) is 103 Å². The maximum absolute atomic E-state index is 12.3. The summed E-state index contributed by atoms with van der Waals surface area (Å²) in [4.78, 5) is 58.2. The second-order valence-corrected chi connectivity index (χ2v) is 10.3. The number of rotatable bonds is 23.